The second kappa shape index (κ2) is 7.91. The van der Waals surface area contributed by atoms with Crippen molar-refractivity contribution in [1.29, 1.82) is 0 Å². The van der Waals surface area contributed by atoms with Gasteiger partial charge in [-0.05, 0) is 38.2 Å². The summed E-state index contributed by atoms with van der Waals surface area (Å²) in [6.07, 6.45) is 0. The summed E-state index contributed by atoms with van der Waals surface area (Å²) in [6, 6.07) is 17.2. The van der Waals surface area contributed by atoms with Crippen LogP contribution in [-0.4, -0.2) is 30.0 Å². The normalized spacial score (nSPS) is 12.6. The first kappa shape index (κ1) is 15.7. The average Bonchev–Trinajstić information content (AvgIpc) is 2.52. The van der Waals surface area contributed by atoms with Gasteiger partial charge in [-0.1, -0.05) is 43.3 Å². The van der Waals surface area contributed by atoms with Gasteiger partial charge in [-0.25, -0.2) is 0 Å². The predicted octanol–water partition coefficient (Wildman–Crippen LogP) is 3.17. The fraction of sp³-hybridized carbons (Fsp3) is 0.389. The third kappa shape index (κ3) is 4.66. The molecule has 0 aliphatic rings. The molecule has 21 heavy (non-hydrogen) atoms. The molecule has 0 saturated carbocycles. The fourth-order valence-electron chi connectivity index (χ4n) is 2.53. The number of aromatic nitrogens is 1. The lowest BCUT2D eigenvalue weighted by Gasteiger charge is -2.26. The molecule has 112 valence electrons. The number of pyridine rings is 1. The summed E-state index contributed by atoms with van der Waals surface area (Å²) >= 11 is 0. The van der Waals surface area contributed by atoms with E-state index >= 15 is 0 Å². The van der Waals surface area contributed by atoms with Crippen LogP contribution < -0.4 is 5.32 Å². The highest BCUT2D eigenvalue weighted by Crippen LogP contribution is 2.15. The Hall–Kier alpha value is -1.71. The number of nitrogens with one attached hydrogen (secondary N) is 1. The summed E-state index contributed by atoms with van der Waals surface area (Å²) in [5.41, 5.74) is 3.55. The van der Waals surface area contributed by atoms with E-state index in [0.29, 0.717) is 6.04 Å². The number of rotatable bonds is 7. The van der Waals surface area contributed by atoms with Crippen LogP contribution in [0, 0.1) is 6.92 Å². The molecule has 0 bridgehead atoms. The summed E-state index contributed by atoms with van der Waals surface area (Å²) in [5.74, 6) is 0. The van der Waals surface area contributed by atoms with Gasteiger partial charge in [0.15, 0.2) is 0 Å². The number of nitrogens with zero attached hydrogens (tertiary/aromatic N) is 2. The summed E-state index contributed by atoms with van der Waals surface area (Å²) in [4.78, 5) is 7.03. The molecule has 1 heterocycles. The van der Waals surface area contributed by atoms with Crippen LogP contribution in [0.3, 0.4) is 0 Å². The van der Waals surface area contributed by atoms with Crippen molar-refractivity contribution >= 4 is 0 Å². The van der Waals surface area contributed by atoms with E-state index in [0.717, 1.165) is 31.0 Å². The number of hydrogen-bond acceptors (Lipinski definition) is 3. The Bertz CT molecular complexity index is 539. The van der Waals surface area contributed by atoms with Gasteiger partial charge in [-0.2, -0.15) is 0 Å². The molecule has 1 atom stereocenters. The van der Waals surface area contributed by atoms with Crippen LogP contribution in [0.1, 0.15) is 29.9 Å². The van der Waals surface area contributed by atoms with Gasteiger partial charge in [0.1, 0.15) is 0 Å². The molecular weight excluding hydrogens is 258 g/mol. The maximum atomic E-state index is 4.60. The van der Waals surface area contributed by atoms with E-state index in [-0.39, 0.29) is 0 Å². The summed E-state index contributed by atoms with van der Waals surface area (Å²) in [6.45, 7) is 7.13. The molecular formula is C18H25N3. The van der Waals surface area contributed by atoms with Crippen LogP contribution in [0.25, 0.3) is 0 Å². The van der Waals surface area contributed by atoms with E-state index in [2.05, 4.69) is 64.6 Å². The molecule has 3 nitrogen and oxygen atoms in total. The van der Waals surface area contributed by atoms with Crippen LogP contribution in [-0.2, 0) is 6.54 Å². The minimum atomic E-state index is 0.343. The van der Waals surface area contributed by atoms with Crippen molar-refractivity contribution in [3.8, 4) is 0 Å². The van der Waals surface area contributed by atoms with Gasteiger partial charge in [0.05, 0.1) is 5.69 Å². The molecule has 0 saturated heterocycles. The van der Waals surface area contributed by atoms with Gasteiger partial charge < -0.3 is 5.32 Å². The Kier molecular flexibility index (Phi) is 5.90. The van der Waals surface area contributed by atoms with Gasteiger partial charge in [0, 0.05) is 24.8 Å². The topological polar surface area (TPSA) is 28.2 Å². The highest BCUT2D eigenvalue weighted by Gasteiger charge is 2.14. The quantitative estimate of drug-likeness (QED) is 0.846. The van der Waals surface area contributed by atoms with Gasteiger partial charge in [-0.15, -0.1) is 0 Å². The van der Waals surface area contributed by atoms with E-state index in [1.165, 1.54) is 5.56 Å². The van der Waals surface area contributed by atoms with Crippen LogP contribution in [0.4, 0.5) is 0 Å². The number of likely N-dealkylation sites (N-methyl/N-ethyl adjacent to an activating group) is 2. The molecule has 3 heteroatoms. The summed E-state index contributed by atoms with van der Waals surface area (Å²) < 4.78 is 0. The van der Waals surface area contributed by atoms with Gasteiger partial charge in [0.25, 0.3) is 0 Å². The van der Waals surface area contributed by atoms with E-state index in [1.807, 2.05) is 20.0 Å². The Labute approximate surface area is 128 Å². The van der Waals surface area contributed by atoms with Crippen molar-refractivity contribution in [2.75, 3.05) is 20.1 Å². The predicted molar refractivity (Wildman–Crippen MR) is 88.2 cm³/mol. The van der Waals surface area contributed by atoms with Crippen molar-refractivity contribution < 1.29 is 0 Å². The molecule has 0 aliphatic heterocycles. The smallest absolute Gasteiger partial charge is 0.0547 e. The lowest BCUT2D eigenvalue weighted by atomic mass is 10.1. The minimum absolute atomic E-state index is 0.343. The third-order valence-electron chi connectivity index (χ3n) is 3.77. The lowest BCUT2D eigenvalue weighted by Crippen LogP contribution is -2.33. The highest BCUT2D eigenvalue weighted by atomic mass is 15.1. The molecule has 1 N–H and O–H groups in total. The van der Waals surface area contributed by atoms with Crippen molar-refractivity contribution in [1.82, 2.24) is 15.2 Å². The fourth-order valence-corrected chi connectivity index (χ4v) is 2.53. The molecule has 1 unspecified atom stereocenters. The lowest BCUT2D eigenvalue weighted by molar-refractivity contribution is 0.247. The molecule has 1 aromatic carbocycles. The van der Waals surface area contributed by atoms with Crippen molar-refractivity contribution in [2.24, 2.45) is 0 Å². The van der Waals surface area contributed by atoms with E-state index in [1.54, 1.807) is 0 Å². The Balaban J connectivity index is 2.04. The molecule has 0 spiro atoms. The van der Waals surface area contributed by atoms with Crippen molar-refractivity contribution in [2.45, 2.75) is 26.4 Å². The summed E-state index contributed by atoms with van der Waals surface area (Å²) in [7, 11) is 2.02. The second-order valence-electron chi connectivity index (χ2n) is 5.35. The minimum Gasteiger partial charge on any atom is -0.312 e. The largest absolute Gasteiger partial charge is 0.312 e. The Morgan fingerprint density at radius 2 is 1.86 bits per heavy atom. The molecule has 2 aromatic rings. The Morgan fingerprint density at radius 1 is 1.10 bits per heavy atom. The average molecular weight is 283 g/mol. The van der Waals surface area contributed by atoms with Gasteiger partial charge >= 0.3 is 0 Å². The zero-order chi connectivity index (χ0) is 15.1. The number of benzene rings is 1. The van der Waals surface area contributed by atoms with Crippen LogP contribution >= 0.6 is 0 Å². The monoisotopic (exact) mass is 283 g/mol. The van der Waals surface area contributed by atoms with Crippen LogP contribution in [0.2, 0.25) is 0 Å². The zero-order valence-corrected chi connectivity index (χ0v) is 13.2. The summed E-state index contributed by atoms with van der Waals surface area (Å²) in [5, 5.41) is 3.42. The first-order chi connectivity index (χ1) is 10.2. The van der Waals surface area contributed by atoms with Crippen molar-refractivity contribution in [3.63, 3.8) is 0 Å². The van der Waals surface area contributed by atoms with Gasteiger partial charge in [0.2, 0.25) is 0 Å². The Morgan fingerprint density at radius 3 is 2.48 bits per heavy atom. The van der Waals surface area contributed by atoms with E-state index in [9.17, 15) is 0 Å². The third-order valence-corrected chi connectivity index (χ3v) is 3.77. The van der Waals surface area contributed by atoms with Crippen LogP contribution in [0.15, 0.2) is 48.5 Å². The number of hydrogen-bond donors (Lipinski definition) is 1. The maximum Gasteiger partial charge on any atom is 0.0547 e. The molecule has 0 aliphatic carbocycles. The molecule has 0 fully saturated rings. The molecule has 0 amide bonds. The maximum absolute atomic E-state index is 4.60. The molecule has 2 rings (SSSR count). The molecule has 0 radical (unpaired) electrons. The molecule has 1 aromatic heterocycles. The van der Waals surface area contributed by atoms with Crippen LogP contribution in [0.5, 0.6) is 0 Å². The van der Waals surface area contributed by atoms with Gasteiger partial charge in [-0.3, -0.25) is 9.88 Å². The standard InChI is InChI=1S/C18H25N3/c1-4-21(13-17-12-8-9-15(2)20-17)14-18(19-3)16-10-6-5-7-11-16/h5-12,18-19H,4,13-14H2,1-3H3. The zero-order valence-electron chi connectivity index (χ0n) is 13.2. The van der Waals surface area contributed by atoms with E-state index in [4.69, 9.17) is 0 Å². The number of aryl methyl sites for hydroxylation is 1. The van der Waals surface area contributed by atoms with E-state index < -0.39 is 0 Å². The SMILES string of the molecule is CCN(Cc1cccc(C)n1)CC(NC)c1ccccc1. The highest BCUT2D eigenvalue weighted by molar-refractivity contribution is 5.19. The first-order valence-corrected chi connectivity index (χ1v) is 7.60. The second-order valence-corrected chi connectivity index (χ2v) is 5.35. The first-order valence-electron chi connectivity index (χ1n) is 7.60. The van der Waals surface area contributed by atoms with Crippen molar-refractivity contribution in [3.05, 3.63) is 65.5 Å².